The molecule has 0 N–H and O–H groups in total. The highest BCUT2D eigenvalue weighted by atomic mass is 79.9. The molecule has 2 aromatic carbocycles. The number of ketones is 2. The van der Waals surface area contributed by atoms with E-state index in [4.69, 9.17) is 4.74 Å². The molecule has 0 radical (unpaired) electrons. The number of hydrogen-bond donors (Lipinski definition) is 0. The smallest absolute Gasteiger partial charge is 0.233 e. The van der Waals surface area contributed by atoms with E-state index in [1.54, 1.807) is 18.2 Å². The lowest BCUT2D eigenvalue weighted by atomic mass is 9.99. The minimum Gasteiger partial charge on any atom is -0.493 e. The Kier molecular flexibility index (Phi) is 3.59. The first-order chi connectivity index (χ1) is 10.1. The van der Waals surface area contributed by atoms with E-state index in [-0.39, 0.29) is 10.0 Å². The molecule has 1 aliphatic heterocycles. The Hall–Kier alpha value is -2.01. The van der Waals surface area contributed by atoms with Gasteiger partial charge in [0.05, 0.1) is 11.1 Å². The van der Waals surface area contributed by atoms with Crippen molar-refractivity contribution in [2.75, 3.05) is 6.61 Å². The predicted octanol–water partition coefficient (Wildman–Crippen LogP) is 3.59. The van der Waals surface area contributed by atoms with E-state index in [0.717, 1.165) is 23.8 Å². The van der Waals surface area contributed by atoms with Crippen molar-refractivity contribution >= 4 is 27.5 Å². The van der Waals surface area contributed by atoms with Gasteiger partial charge in [-0.15, -0.1) is 0 Å². The number of hydrogen-bond acceptors (Lipinski definition) is 3. The SMILES string of the molecule is O=C(C(=O)c1ccc2c(c1)CCO2)c1ccc(F)c(Br)c1. The Labute approximate surface area is 128 Å². The van der Waals surface area contributed by atoms with Crippen molar-refractivity contribution in [1.29, 1.82) is 0 Å². The molecule has 0 aliphatic carbocycles. The summed E-state index contributed by atoms with van der Waals surface area (Å²) in [5, 5.41) is 0. The van der Waals surface area contributed by atoms with Crippen molar-refractivity contribution in [3.63, 3.8) is 0 Å². The molecule has 0 unspecified atom stereocenters. The van der Waals surface area contributed by atoms with Crippen LogP contribution in [0, 0.1) is 5.82 Å². The van der Waals surface area contributed by atoms with Crippen LogP contribution in [0.3, 0.4) is 0 Å². The lowest BCUT2D eigenvalue weighted by Crippen LogP contribution is -2.14. The third kappa shape index (κ3) is 2.61. The largest absolute Gasteiger partial charge is 0.493 e. The summed E-state index contributed by atoms with van der Waals surface area (Å²) in [5.74, 6) is -0.991. The second-order valence-electron chi connectivity index (χ2n) is 4.71. The molecule has 1 heterocycles. The first kappa shape index (κ1) is 13.9. The molecule has 2 aromatic rings. The van der Waals surface area contributed by atoms with Gasteiger partial charge >= 0.3 is 0 Å². The quantitative estimate of drug-likeness (QED) is 0.628. The first-order valence-electron chi connectivity index (χ1n) is 6.36. The van der Waals surface area contributed by atoms with Gasteiger partial charge < -0.3 is 4.74 Å². The molecule has 5 heteroatoms. The molecule has 3 nitrogen and oxygen atoms in total. The molecule has 0 aromatic heterocycles. The predicted molar refractivity (Wildman–Crippen MR) is 78.4 cm³/mol. The number of Topliss-reactive ketones (excluding diaryl/α,β-unsaturated/α-hetero) is 2. The van der Waals surface area contributed by atoms with Gasteiger partial charge in [0.1, 0.15) is 11.6 Å². The summed E-state index contributed by atoms with van der Waals surface area (Å²) in [6.07, 6.45) is 0.729. The molecule has 0 spiro atoms. The molecule has 0 amide bonds. The average molecular weight is 349 g/mol. The lowest BCUT2D eigenvalue weighted by molar-refractivity contribution is 0.0817. The van der Waals surface area contributed by atoms with Gasteiger partial charge in [0.25, 0.3) is 0 Å². The Bertz CT molecular complexity index is 755. The van der Waals surface area contributed by atoms with Crippen molar-refractivity contribution in [1.82, 2.24) is 0 Å². The topological polar surface area (TPSA) is 43.4 Å². The molecule has 0 fully saturated rings. The molecular formula is C16H10BrFO3. The first-order valence-corrected chi connectivity index (χ1v) is 7.15. The van der Waals surface area contributed by atoms with Crippen LogP contribution < -0.4 is 4.74 Å². The fraction of sp³-hybridized carbons (Fsp3) is 0.125. The van der Waals surface area contributed by atoms with Crippen LogP contribution in [0.1, 0.15) is 26.3 Å². The second kappa shape index (κ2) is 5.41. The second-order valence-corrected chi connectivity index (χ2v) is 5.56. The van der Waals surface area contributed by atoms with Gasteiger partial charge in [0.2, 0.25) is 11.6 Å². The molecule has 0 saturated carbocycles. The summed E-state index contributed by atoms with van der Waals surface area (Å²) in [7, 11) is 0. The van der Waals surface area contributed by atoms with Crippen molar-refractivity contribution < 1.29 is 18.7 Å². The molecule has 3 rings (SSSR count). The standard InChI is InChI=1S/C16H10BrFO3/c17-12-8-11(1-3-13(12)18)16(20)15(19)10-2-4-14-9(7-10)5-6-21-14/h1-4,7-8H,5-6H2. The zero-order chi connectivity index (χ0) is 15.0. The Morgan fingerprint density at radius 1 is 1.05 bits per heavy atom. The summed E-state index contributed by atoms with van der Waals surface area (Å²) < 4.78 is 18.7. The fourth-order valence-electron chi connectivity index (χ4n) is 2.23. The number of ether oxygens (including phenoxy) is 1. The molecule has 0 atom stereocenters. The third-order valence-electron chi connectivity index (χ3n) is 3.34. The van der Waals surface area contributed by atoms with Crippen LogP contribution in [0.25, 0.3) is 0 Å². The van der Waals surface area contributed by atoms with Crippen molar-refractivity contribution in [3.8, 4) is 5.75 Å². The number of benzene rings is 2. The maximum absolute atomic E-state index is 13.2. The number of carbonyl (C=O) groups is 2. The van der Waals surface area contributed by atoms with Crippen LogP contribution in [-0.4, -0.2) is 18.2 Å². The van der Waals surface area contributed by atoms with E-state index in [0.29, 0.717) is 12.2 Å². The van der Waals surface area contributed by atoms with E-state index in [2.05, 4.69) is 15.9 Å². The van der Waals surface area contributed by atoms with E-state index in [1.807, 2.05) is 0 Å². The lowest BCUT2D eigenvalue weighted by Gasteiger charge is -2.04. The van der Waals surface area contributed by atoms with Gasteiger partial charge in [-0.25, -0.2) is 4.39 Å². The summed E-state index contributed by atoms with van der Waals surface area (Å²) in [5.41, 5.74) is 1.41. The van der Waals surface area contributed by atoms with Crippen LogP contribution in [0.2, 0.25) is 0 Å². The zero-order valence-electron chi connectivity index (χ0n) is 10.9. The summed E-state index contributed by atoms with van der Waals surface area (Å²) in [6.45, 7) is 0.589. The molecule has 0 saturated heterocycles. The van der Waals surface area contributed by atoms with Gasteiger partial charge in [-0.2, -0.15) is 0 Å². The maximum atomic E-state index is 13.2. The minimum atomic E-state index is -0.658. The van der Waals surface area contributed by atoms with Crippen molar-refractivity contribution in [3.05, 3.63) is 63.4 Å². The number of carbonyl (C=O) groups excluding carboxylic acids is 2. The fourth-order valence-corrected chi connectivity index (χ4v) is 2.61. The van der Waals surface area contributed by atoms with Crippen LogP contribution in [0.15, 0.2) is 40.9 Å². The highest BCUT2D eigenvalue weighted by Crippen LogP contribution is 2.26. The number of fused-ring (bicyclic) bond motifs is 1. The molecule has 1 aliphatic rings. The number of rotatable bonds is 3. The van der Waals surface area contributed by atoms with E-state index >= 15 is 0 Å². The van der Waals surface area contributed by atoms with Crippen LogP contribution in [0.4, 0.5) is 4.39 Å². The van der Waals surface area contributed by atoms with Crippen LogP contribution in [-0.2, 0) is 6.42 Å². The molecular weight excluding hydrogens is 339 g/mol. The van der Waals surface area contributed by atoms with Gasteiger partial charge in [-0.3, -0.25) is 9.59 Å². The molecule has 0 bridgehead atoms. The normalized spacial score (nSPS) is 12.7. The van der Waals surface area contributed by atoms with E-state index in [9.17, 15) is 14.0 Å². The highest BCUT2D eigenvalue weighted by Gasteiger charge is 2.21. The van der Waals surface area contributed by atoms with Gasteiger partial charge in [-0.05, 0) is 57.9 Å². The summed E-state index contributed by atoms with van der Waals surface area (Å²) in [4.78, 5) is 24.4. The maximum Gasteiger partial charge on any atom is 0.233 e. The highest BCUT2D eigenvalue weighted by molar-refractivity contribution is 9.10. The molecule has 21 heavy (non-hydrogen) atoms. The Morgan fingerprint density at radius 3 is 2.43 bits per heavy atom. The molecule has 106 valence electrons. The van der Waals surface area contributed by atoms with E-state index < -0.39 is 17.4 Å². The van der Waals surface area contributed by atoms with Crippen LogP contribution >= 0.6 is 15.9 Å². The minimum absolute atomic E-state index is 0.156. The third-order valence-corrected chi connectivity index (χ3v) is 3.95. The van der Waals surface area contributed by atoms with Crippen molar-refractivity contribution in [2.24, 2.45) is 0 Å². The Balaban J connectivity index is 1.90. The van der Waals surface area contributed by atoms with Crippen LogP contribution in [0.5, 0.6) is 5.75 Å². The number of halogens is 2. The summed E-state index contributed by atoms with van der Waals surface area (Å²) >= 11 is 3.01. The van der Waals surface area contributed by atoms with Gasteiger partial charge in [0, 0.05) is 17.5 Å². The van der Waals surface area contributed by atoms with E-state index in [1.165, 1.54) is 12.1 Å². The van der Waals surface area contributed by atoms with Gasteiger partial charge in [-0.1, -0.05) is 0 Å². The van der Waals surface area contributed by atoms with Gasteiger partial charge in [0.15, 0.2) is 0 Å². The van der Waals surface area contributed by atoms with Crippen molar-refractivity contribution in [2.45, 2.75) is 6.42 Å². The Morgan fingerprint density at radius 2 is 1.71 bits per heavy atom. The zero-order valence-corrected chi connectivity index (χ0v) is 12.4. The monoisotopic (exact) mass is 348 g/mol. The average Bonchev–Trinajstić information content (AvgIpc) is 2.96. The summed E-state index contributed by atoms with van der Waals surface area (Å²) in [6, 6.07) is 8.72.